The van der Waals surface area contributed by atoms with Crippen LogP contribution in [0.5, 0.6) is 0 Å². The largest absolute Gasteiger partial charge is 0.385 e. The molecule has 0 atom stereocenters. The number of nitrogens with one attached hydrogen (secondary N) is 2. The SMILES string of the molecule is CCCNc1cc(NCCc2ccc(Cl)cc2Cl)ccn1. The van der Waals surface area contributed by atoms with Crippen molar-refractivity contribution in [2.24, 2.45) is 0 Å². The van der Waals surface area contributed by atoms with Gasteiger partial charge in [0.05, 0.1) is 0 Å². The number of hydrogen-bond donors (Lipinski definition) is 2. The van der Waals surface area contributed by atoms with Gasteiger partial charge in [0.2, 0.25) is 0 Å². The molecule has 1 aromatic carbocycles. The van der Waals surface area contributed by atoms with Crippen molar-refractivity contribution in [3.05, 3.63) is 52.1 Å². The number of pyridine rings is 1. The van der Waals surface area contributed by atoms with Crippen LogP contribution in [0.25, 0.3) is 0 Å². The standard InChI is InChI=1S/C16H19Cl2N3/c1-2-7-20-16-11-14(6-9-21-16)19-8-5-12-3-4-13(17)10-15(12)18/h3-4,6,9-11H,2,5,7-8H2,1H3,(H2,19,20,21). The molecule has 0 amide bonds. The minimum Gasteiger partial charge on any atom is -0.385 e. The van der Waals surface area contributed by atoms with Gasteiger partial charge in [0.1, 0.15) is 5.82 Å². The van der Waals surface area contributed by atoms with Gasteiger partial charge in [0.15, 0.2) is 0 Å². The molecule has 0 aliphatic rings. The highest BCUT2D eigenvalue weighted by Gasteiger charge is 2.02. The van der Waals surface area contributed by atoms with E-state index in [4.69, 9.17) is 23.2 Å². The van der Waals surface area contributed by atoms with Gasteiger partial charge in [-0.15, -0.1) is 0 Å². The molecule has 3 nitrogen and oxygen atoms in total. The second kappa shape index (κ2) is 8.11. The molecule has 2 N–H and O–H groups in total. The molecule has 0 aliphatic carbocycles. The third-order valence-corrected chi connectivity index (χ3v) is 3.64. The van der Waals surface area contributed by atoms with E-state index in [9.17, 15) is 0 Å². The third-order valence-electron chi connectivity index (χ3n) is 3.05. The van der Waals surface area contributed by atoms with E-state index < -0.39 is 0 Å². The summed E-state index contributed by atoms with van der Waals surface area (Å²) in [6.07, 6.45) is 3.72. The normalized spacial score (nSPS) is 10.4. The predicted molar refractivity (Wildman–Crippen MR) is 91.7 cm³/mol. The number of rotatable bonds is 7. The van der Waals surface area contributed by atoms with Gasteiger partial charge < -0.3 is 10.6 Å². The van der Waals surface area contributed by atoms with E-state index in [2.05, 4.69) is 22.5 Å². The highest BCUT2D eigenvalue weighted by atomic mass is 35.5. The lowest BCUT2D eigenvalue weighted by atomic mass is 10.1. The zero-order valence-corrected chi connectivity index (χ0v) is 13.5. The monoisotopic (exact) mass is 323 g/mol. The van der Waals surface area contributed by atoms with Gasteiger partial charge in [-0.1, -0.05) is 36.2 Å². The summed E-state index contributed by atoms with van der Waals surface area (Å²) < 4.78 is 0. The lowest BCUT2D eigenvalue weighted by Gasteiger charge is -2.10. The summed E-state index contributed by atoms with van der Waals surface area (Å²) in [4.78, 5) is 4.28. The molecule has 2 aromatic rings. The second-order valence-electron chi connectivity index (χ2n) is 4.77. The topological polar surface area (TPSA) is 37.0 Å². The lowest BCUT2D eigenvalue weighted by Crippen LogP contribution is -2.07. The Hall–Kier alpha value is -1.45. The van der Waals surface area contributed by atoms with Crippen molar-refractivity contribution in [1.29, 1.82) is 0 Å². The highest BCUT2D eigenvalue weighted by molar-refractivity contribution is 6.35. The Bertz CT molecular complexity index is 587. The number of hydrogen-bond acceptors (Lipinski definition) is 3. The van der Waals surface area contributed by atoms with E-state index in [-0.39, 0.29) is 0 Å². The Morgan fingerprint density at radius 2 is 1.90 bits per heavy atom. The third kappa shape index (κ3) is 5.10. The predicted octanol–water partition coefficient (Wildman–Crippen LogP) is 4.86. The van der Waals surface area contributed by atoms with E-state index in [1.54, 1.807) is 12.3 Å². The Morgan fingerprint density at radius 3 is 2.67 bits per heavy atom. The van der Waals surface area contributed by atoms with E-state index in [1.807, 2.05) is 24.3 Å². The van der Waals surface area contributed by atoms with Crippen LogP contribution in [0.2, 0.25) is 10.0 Å². The lowest BCUT2D eigenvalue weighted by molar-refractivity contribution is 0.968. The Balaban J connectivity index is 1.88. The van der Waals surface area contributed by atoms with Crippen LogP contribution in [0.3, 0.4) is 0 Å². The van der Waals surface area contributed by atoms with Crippen LogP contribution in [-0.2, 0) is 6.42 Å². The molecule has 112 valence electrons. The fourth-order valence-electron chi connectivity index (χ4n) is 1.96. The average molecular weight is 324 g/mol. The first kappa shape index (κ1) is 15.9. The van der Waals surface area contributed by atoms with Crippen LogP contribution in [0, 0.1) is 0 Å². The molecule has 0 fully saturated rings. The molecule has 1 aromatic heterocycles. The molecule has 21 heavy (non-hydrogen) atoms. The molecule has 0 spiro atoms. The average Bonchev–Trinajstić information content (AvgIpc) is 2.48. The molecule has 0 saturated heterocycles. The van der Waals surface area contributed by atoms with E-state index in [0.717, 1.165) is 43.0 Å². The number of anilines is 2. The Labute approximate surface area is 135 Å². The molecular weight excluding hydrogens is 305 g/mol. The molecular formula is C16H19Cl2N3. The molecule has 0 bridgehead atoms. The van der Waals surface area contributed by atoms with Gasteiger partial charge in [-0.05, 0) is 36.6 Å². The Kier molecular flexibility index (Phi) is 6.15. The first-order chi connectivity index (χ1) is 10.2. The molecule has 0 aliphatic heterocycles. The summed E-state index contributed by atoms with van der Waals surface area (Å²) in [5.74, 6) is 0.895. The van der Waals surface area contributed by atoms with Gasteiger partial charge in [0, 0.05) is 41.1 Å². The maximum Gasteiger partial charge on any atom is 0.127 e. The highest BCUT2D eigenvalue weighted by Crippen LogP contribution is 2.21. The molecule has 2 rings (SSSR count). The molecule has 1 heterocycles. The first-order valence-corrected chi connectivity index (χ1v) is 7.82. The zero-order valence-electron chi connectivity index (χ0n) is 12.0. The summed E-state index contributed by atoms with van der Waals surface area (Å²) in [5, 5.41) is 8.03. The van der Waals surface area contributed by atoms with E-state index in [1.165, 1.54) is 0 Å². The van der Waals surface area contributed by atoms with Crippen molar-refractivity contribution in [3.63, 3.8) is 0 Å². The van der Waals surface area contributed by atoms with Gasteiger partial charge in [-0.3, -0.25) is 0 Å². The molecule has 0 unspecified atom stereocenters. The smallest absolute Gasteiger partial charge is 0.127 e. The van der Waals surface area contributed by atoms with Crippen LogP contribution >= 0.6 is 23.2 Å². The van der Waals surface area contributed by atoms with Crippen molar-refractivity contribution < 1.29 is 0 Å². The van der Waals surface area contributed by atoms with Crippen LogP contribution in [0.15, 0.2) is 36.5 Å². The zero-order chi connectivity index (χ0) is 15.1. The van der Waals surface area contributed by atoms with Gasteiger partial charge >= 0.3 is 0 Å². The van der Waals surface area contributed by atoms with Crippen LogP contribution < -0.4 is 10.6 Å². The van der Waals surface area contributed by atoms with Gasteiger partial charge in [0.25, 0.3) is 0 Å². The summed E-state index contributed by atoms with van der Waals surface area (Å²) in [7, 11) is 0. The fourth-order valence-corrected chi connectivity index (χ4v) is 2.46. The summed E-state index contributed by atoms with van der Waals surface area (Å²) in [5.41, 5.74) is 2.14. The Morgan fingerprint density at radius 1 is 1.05 bits per heavy atom. The molecule has 0 saturated carbocycles. The maximum absolute atomic E-state index is 6.16. The first-order valence-electron chi connectivity index (χ1n) is 7.06. The fraction of sp³-hybridized carbons (Fsp3) is 0.312. The molecule has 5 heteroatoms. The summed E-state index contributed by atoms with van der Waals surface area (Å²) in [6.45, 7) is 3.86. The van der Waals surface area contributed by atoms with Crippen molar-refractivity contribution >= 4 is 34.7 Å². The van der Waals surface area contributed by atoms with Crippen molar-refractivity contribution in [1.82, 2.24) is 4.98 Å². The van der Waals surface area contributed by atoms with Crippen LogP contribution in [0.4, 0.5) is 11.5 Å². The number of nitrogens with zero attached hydrogens (tertiary/aromatic N) is 1. The van der Waals surface area contributed by atoms with Gasteiger partial charge in [-0.2, -0.15) is 0 Å². The second-order valence-corrected chi connectivity index (χ2v) is 5.61. The van der Waals surface area contributed by atoms with Crippen LogP contribution in [-0.4, -0.2) is 18.1 Å². The van der Waals surface area contributed by atoms with Crippen molar-refractivity contribution in [3.8, 4) is 0 Å². The summed E-state index contributed by atoms with van der Waals surface area (Å²) in [6, 6.07) is 9.58. The van der Waals surface area contributed by atoms with E-state index in [0.29, 0.717) is 10.0 Å². The quantitative estimate of drug-likeness (QED) is 0.763. The number of benzene rings is 1. The number of aromatic nitrogens is 1. The molecule has 0 radical (unpaired) electrons. The van der Waals surface area contributed by atoms with Crippen molar-refractivity contribution in [2.45, 2.75) is 19.8 Å². The number of halogens is 2. The minimum absolute atomic E-state index is 0.664. The maximum atomic E-state index is 6.16. The van der Waals surface area contributed by atoms with Crippen LogP contribution in [0.1, 0.15) is 18.9 Å². The van der Waals surface area contributed by atoms with Crippen molar-refractivity contribution in [2.75, 3.05) is 23.7 Å². The van der Waals surface area contributed by atoms with E-state index >= 15 is 0 Å². The minimum atomic E-state index is 0.664. The van der Waals surface area contributed by atoms with Gasteiger partial charge in [-0.25, -0.2) is 4.98 Å². The summed E-state index contributed by atoms with van der Waals surface area (Å²) >= 11 is 12.1.